The number of piperazine rings is 1. The summed E-state index contributed by atoms with van der Waals surface area (Å²) in [5.41, 5.74) is 7.20. The maximum absolute atomic E-state index is 12.8. The minimum absolute atomic E-state index is 0.0639. The summed E-state index contributed by atoms with van der Waals surface area (Å²) in [6.45, 7) is 5.30. The molecule has 2 saturated heterocycles. The molecule has 0 radical (unpaired) electrons. The lowest BCUT2D eigenvalue weighted by Crippen LogP contribution is -2.59. The van der Waals surface area contributed by atoms with Crippen molar-refractivity contribution in [2.75, 3.05) is 65.3 Å². The quantitative estimate of drug-likeness (QED) is 0.431. The van der Waals surface area contributed by atoms with Gasteiger partial charge in [-0.2, -0.15) is 5.26 Å². The molecule has 0 aliphatic carbocycles. The highest BCUT2D eigenvalue weighted by Crippen LogP contribution is 2.31. The molecule has 9 nitrogen and oxygen atoms in total. The third-order valence-electron chi connectivity index (χ3n) is 7.96. The van der Waals surface area contributed by atoms with E-state index in [0.717, 1.165) is 67.2 Å². The molecule has 2 aliphatic rings. The highest BCUT2D eigenvalue weighted by atomic mass is 16.2. The summed E-state index contributed by atoms with van der Waals surface area (Å²) in [5.74, 6) is 0.0639. The Morgan fingerprint density at radius 1 is 1.05 bits per heavy atom. The van der Waals surface area contributed by atoms with E-state index in [0.29, 0.717) is 28.5 Å². The Kier molecular flexibility index (Phi) is 6.51. The first-order valence-electron chi connectivity index (χ1n) is 13.3. The highest BCUT2D eigenvalue weighted by molar-refractivity contribution is 5.96. The first-order valence-corrected chi connectivity index (χ1v) is 13.3. The number of carbonyl (C=O) groups is 1. The second kappa shape index (κ2) is 10.1. The number of aromatic nitrogens is 3. The first kappa shape index (κ1) is 25.0. The molecular formula is C30H32N8O. The summed E-state index contributed by atoms with van der Waals surface area (Å²) in [6, 6.07) is 16.5. The highest BCUT2D eigenvalue weighted by Gasteiger charge is 2.32. The molecule has 6 rings (SSSR count). The summed E-state index contributed by atoms with van der Waals surface area (Å²) < 4.78 is 0. The van der Waals surface area contributed by atoms with Crippen LogP contribution in [0.15, 0.2) is 54.9 Å². The molecule has 39 heavy (non-hydrogen) atoms. The van der Waals surface area contributed by atoms with E-state index in [9.17, 15) is 10.1 Å². The van der Waals surface area contributed by atoms with Crippen molar-refractivity contribution in [3.63, 3.8) is 0 Å². The predicted molar refractivity (Wildman–Crippen MR) is 153 cm³/mol. The molecular weight excluding hydrogens is 488 g/mol. The third kappa shape index (κ3) is 4.73. The van der Waals surface area contributed by atoms with E-state index in [2.05, 4.69) is 37.8 Å². The number of benzene rings is 2. The number of nitriles is 1. The van der Waals surface area contributed by atoms with Crippen LogP contribution in [0.5, 0.6) is 0 Å². The zero-order valence-electron chi connectivity index (χ0n) is 22.6. The summed E-state index contributed by atoms with van der Waals surface area (Å²) in [7, 11) is 6.21. The SMILES string of the molecule is CN1CCN(c2ccc(-c3cnc4[nH]cc(-c5ccc(C(=O)N6CC(N(C)C)C6)cc5)c4n3)cc2C#N)CC1. The van der Waals surface area contributed by atoms with E-state index >= 15 is 0 Å². The Balaban J connectivity index is 1.25. The Bertz CT molecular complexity index is 1550. The molecule has 2 fully saturated rings. The summed E-state index contributed by atoms with van der Waals surface area (Å²) in [4.78, 5) is 34.2. The number of amides is 1. The maximum Gasteiger partial charge on any atom is 0.253 e. The molecule has 0 saturated carbocycles. The lowest BCUT2D eigenvalue weighted by molar-refractivity contribution is 0.0399. The summed E-state index contributed by atoms with van der Waals surface area (Å²) in [6.07, 6.45) is 3.64. The Labute approximate surface area is 228 Å². The van der Waals surface area contributed by atoms with Crippen LogP contribution in [0, 0.1) is 11.3 Å². The minimum Gasteiger partial charge on any atom is -0.368 e. The number of fused-ring (bicyclic) bond motifs is 1. The second-order valence-corrected chi connectivity index (χ2v) is 10.7. The van der Waals surface area contributed by atoms with E-state index in [1.807, 2.05) is 67.7 Å². The van der Waals surface area contributed by atoms with Gasteiger partial charge in [0.15, 0.2) is 5.65 Å². The van der Waals surface area contributed by atoms with Gasteiger partial charge in [0, 0.05) is 68.2 Å². The van der Waals surface area contributed by atoms with Gasteiger partial charge < -0.3 is 24.6 Å². The second-order valence-electron chi connectivity index (χ2n) is 10.7. The summed E-state index contributed by atoms with van der Waals surface area (Å²) in [5, 5.41) is 9.90. The molecule has 1 amide bonds. The van der Waals surface area contributed by atoms with E-state index in [4.69, 9.17) is 4.98 Å². The van der Waals surface area contributed by atoms with Crippen LogP contribution in [0.3, 0.4) is 0 Å². The van der Waals surface area contributed by atoms with Gasteiger partial charge >= 0.3 is 0 Å². The van der Waals surface area contributed by atoms with Gasteiger partial charge in [-0.15, -0.1) is 0 Å². The normalized spacial score (nSPS) is 16.5. The van der Waals surface area contributed by atoms with Gasteiger partial charge in [-0.3, -0.25) is 4.79 Å². The fraction of sp³-hybridized carbons (Fsp3) is 0.333. The smallest absolute Gasteiger partial charge is 0.253 e. The van der Waals surface area contributed by atoms with Crippen LogP contribution in [0.25, 0.3) is 33.5 Å². The third-order valence-corrected chi connectivity index (χ3v) is 7.96. The molecule has 2 aromatic carbocycles. The van der Waals surface area contributed by atoms with Crippen LogP contribution in [-0.2, 0) is 0 Å². The van der Waals surface area contributed by atoms with E-state index < -0.39 is 0 Å². The van der Waals surface area contributed by atoms with Crippen LogP contribution >= 0.6 is 0 Å². The maximum atomic E-state index is 12.8. The molecule has 4 aromatic rings. The minimum atomic E-state index is 0.0639. The molecule has 0 spiro atoms. The lowest BCUT2D eigenvalue weighted by atomic mass is 10.0. The number of nitrogens with one attached hydrogen (secondary N) is 1. The van der Waals surface area contributed by atoms with E-state index in [1.54, 1.807) is 6.20 Å². The zero-order valence-corrected chi connectivity index (χ0v) is 22.6. The van der Waals surface area contributed by atoms with E-state index in [-0.39, 0.29) is 5.91 Å². The molecule has 4 heterocycles. The van der Waals surface area contributed by atoms with Crippen molar-refractivity contribution in [3.8, 4) is 28.5 Å². The number of likely N-dealkylation sites (tertiary alicyclic amines) is 1. The predicted octanol–water partition coefficient (Wildman–Crippen LogP) is 3.30. The van der Waals surface area contributed by atoms with Crippen molar-refractivity contribution in [1.29, 1.82) is 5.26 Å². The van der Waals surface area contributed by atoms with Crippen molar-refractivity contribution >= 4 is 22.8 Å². The lowest BCUT2D eigenvalue weighted by Gasteiger charge is -2.42. The molecule has 2 aliphatic heterocycles. The van der Waals surface area contributed by atoms with Gasteiger partial charge in [-0.25, -0.2) is 9.97 Å². The van der Waals surface area contributed by atoms with Crippen molar-refractivity contribution in [1.82, 2.24) is 29.7 Å². The number of likely N-dealkylation sites (N-methyl/N-ethyl adjacent to an activating group) is 2. The van der Waals surface area contributed by atoms with Crippen molar-refractivity contribution in [2.24, 2.45) is 0 Å². The number of hydrogen-bond acceptors (Lipinski definition) is 7. The van der Waals surface area contributed by atoms with Gasteiger partial charge in [0.2, 0.25) is 0 Å². The fourth-order valence-electron chi connectivity index (χ4n) is 5.28. The van der Waals surface area contributed by atoms with Gasteiger partial charge in [0.25, 0.3) is 5.91 Å². The molecule has 9 heteroatoms. The number of carbonyl (C=O) groups excluding carboxylic acids is 1. The van der Waals surface area contributed by atoms with Gasteiger partial charge in [0.05, 0.1) is 23.1 Å². The van der Waals surface area contributed by atoms with Crippen molar-refractivity contribution in [2.45, 2.75) is 6.04 Å². The largest absolute Gasteiger partial charge is 0.368 e. The topological polar surface area (TPSA) is 95.4 Å². The number of aromatic amines is 1. The number of H-pyrrole nitrogens is 1. The average molecular weight is 521 g/mol. The van der Waals surface area contributed by atoms with Gasteiger partial charge in [-0.1, -0.05) is 18.2 Å². The van der Waals surface area contributed by atoms with Crippen LogP contribution < -0.4 is 4.90 Å². The molecule has 198 valence electrons. The number of anilines is 1. The number of hydrogen-bond donors (Lipinski definition) is 1. The zero-order chi connectivity index (χ0) is 27.1. The fourth-order valence-corrected chi connectivity index (χ4v) is 5.28. The van der Waals surface area contributed by atoms with Gasteiger partial charge in [0.1, 0.15) is 11.6 Å². The van der Waals surface area contributed by atoms with Crippen LogP contribution in [-0.4, -0.2) is 102 Å². The molecule has 0 unspecified atom stereocenters. The summed E-state index contributed by atoms with van der Waals surface area (Å²) >= 11 is 0. The monoisotopic (exact) mass is 520 g/mol. The molecule has 0 bridgehead atoms. The molecule has 1 N–H and O–H groups in total. The van der Waals surface area contributed by atoms with Crippen LogP contribution in [0.4, 0.5) is 5.69 Å². The average Bonchev–Trinajstić information content (AvgIpc) is 3.35. The number of rotatable bonds is 5. The Hall–Kier alpha value is -4.26. The van der Waals surface area contributed by atoms with Crippen LogP contribution in [0.1, 0.15) is 15.9 Å². The Morgan fingerprint density at radius 2 is 1.77 bits per heavy atom. The number of nitrogens with zero attached hydrogens (tertiary/aromatic N) is 7. The Morgan fingerprint density at radius 3 is 2.46 bits per heavy atom. The van der Waals surface area contributed by atoms with Crippen molar-refractivity contribution < 1.29 is 4.79 Å². The standard InChI is InChI=1S/C30H32N8O/c1-35(2)24-18-38(19-24)30(39)21-6-4-20(5-7-21)25-16-32-29-28(25)34-26(17-33-29)22-8-9-27(23(14-22)15-31)37-12-10-36(3)11-13-37/h4-9,14,16-17,24H,10-13,18-19H2,1-3H3,(H,32,33). The molecule has 0 atom stereocenters. The van der Waals surface area contributed by atoms with Crippen molar-refractivity contribution in [3.05, 3.63) is 66.0 Å². The molecule has 2 aromatic heterocycles. The first-order chi connectivity index (χ1) is 18.9. The van der Waals surface area contributed by atoms with E-state index in [1.165, 1.54) is 0 Å². The van der Waals surface area contributed by atoms with Gasteiger partial charge in [-0.05, 0) is 51.0 Å². The van der Waals surface area contributed by atoms with Crippen LogP contribution in [0.2, 0.25) is 0 Å².